The van der Waals surface area contributed by atoms with Gasteiger partial charge in [-0.05, 0) is 34.9 Å². The van der Waals surface area contributed by atoms with Gasteiger partial charge in [0, 0.05) is 36.6 Å². The fraction of sp³-hybridized carbons (Fsp3) is 0.423. The number of ether oxygens (including phenoxy) is 1. The average Bonchev–Trinajstić information content (AvgIpc) is 2.90. The van der Waals surface area contributed by atoms with Crippen LogP contribution in [-0.2, 0) is 13.1 Å². The molecule has 3 heteroatoms. The van der Waals surface area contributed by atoms with Crippen LogP contribution < -0.4 is 4.74 Å². The molecule has 0 radical (unpaired) electrons. The van der Waals surface area contributed by atoms with Gasteiger partial charge in [-0.2, -0.15) is 0 Å². The first kappa shape index (κ1) is 19.9. The van der Waals surface area contributed by atoms with Crippen LogP contribution in [0.2, 0.25) is 0 Å². The van der Waals surface area contributed by atoms with Crippen LogP contribution in [0.3, 0.4) is 0 Å². The Morgan fingerprint density at radius 1 is 1.14 bits per heavy atom. The smallest absolute Gasteiger partial charge is 0.150 e. The summed E-state index contributed by atoms with van der Waals surface area (Å²) in [6.45, 7) is 14.8. The van der Waals surface area contributed by atoms with Crippen molar-refractivity contribution < 1.29 is 4.74 Å². The predicted molar refractivity (Wildman–Crippen MR) is 120 cm³/mol. The van der Waals surface area contributed by atoms with Crippen molar-refractivity contribution in [1.82, 2.24) is 9.88 Å². The maximum atomic E-state index is 6.16. The van der Waals surface area contributed by atoms with E-state index in [1.54, 1.807) is 0 Å². The largest absolute Gasteiger partial charge is 0.490 e. The van der Waals surface area contributed by atoms with Crippen molar-refractivity contribution in [2.45, 2.75) is 53.6 Å². The zero-order chi connectivity index (χ0) is 20.6. The van der Waals surface area contributed by atoms with Crippen LogP contribution in [-0.4, -0.2) is 23.0 Å². The number of hydrogen-bond acceptors (Lipinski definition) is 3. The number of aryl methyl sites for hydroxylation is 1. The minimum absolute atomic E-state index is 0.257. The molecule has 0 amide bonds. The van der Waals surface area contributed by atoms with E-state index in [9.17, 15) is 0 Å². The van der Waals surface area contributed by atoms with Gasteiger partial charge in [0.25, 0.3) is 0 Å². The second-order valence-electron chi connectivity index (χ2n) is 9.45. The van der Waals surface area contributed by atoms with E-state index in [2.05, 4.69) is 75.9 Å². The van der Waals surface area contributed by atoms with Crippen LogP contribution in [0.5, 0.6) is 5.75 Å². The monoisotopic (exact) mass is 388 g/mol. The zero-order valence-electron chi connectivity index (χ0n) is 18.3. The van der Waals surface area contributed by atoms with Crippen molar-refractivity contribution in [1.29, 1.82) is 0 Å². The summed E-state index contributed by atoms with van der Waals surface area (Å²) in [5.41, 5.74) is 5.48. The molecule has 0 bridgehead atoms. The summed E-state index contributed by atoms with van der Waals surface area (Å²) in [5, 5.41) is 2.30. The molecule has 2 heterocycles. The molecule has 1 aliphatic rings. The molecule has 3 nitrogen and oxygen atoms in total. The summed E-state index contributed by atoms with van der Waals surface area (Å²) in [7, 11) is 0. The third-order valence-electron chi connectivity index (χ3n) is 6.42. The second-order valence-corrected chi connectivity index (χ2v) is 9.45. The predicted octanol–water partition coefficient (Wildman–Crippen LogP) is 6.09. The topological polar surface area (TPSA) is 25.4 Å². The fourth-order valence-electron chi connectivity index (χ4n) is 4.03. The molecule has 152 valence electrons. The van der Waals surface area contributed by atoms with Crippen LogP contribution in [0.4, 0.5) is 0 Å². The Morgan fingerprint density at radius 3 is 2.72 bits per heavy atom. The van der Waals surface area contributed by atoms with Gasteiger partial charge in [-0.1, -0.05) is 70.2 Å². The maximum Gasteiger partial charge on any atom is 0.150 e. The summed E-state index contributed by atoms with van der Waals surface area (Å²) in [4.78, 5) is 7.19. The normalized spacial score (nSPS) is 16.2. The Morgan fingerprint density at radius 2 is 1.93 bits per heavy atom. The van der Waals surface area contributed by atoms with Gasteiger partial charge in [-0.15, -0.1) is 0 Å². The van der Waals surface area contributed by atoms with Gasteiger partial charge in [-0.3, -0.25) is 9.88 Å². The molecule has 1 aliphatic heterocycles. The molecule has 0 saturated heterocycles. The van der Waals surface area contributed by atoms with Crippen molar-refractivity contribution in [3.8, 4) is 5.75 Å². The second kappa shape index (κ2) is 7.79. The first-order valence-electron chi connectivity index (χ1n) is 10.6. The van der Waals surface area contributed by atoms with Gasteiger partial charge in [0.2, 0.25) is 0 Å². The van der Waals surface area contributed by atoms with Crippen LogP contribution >= 0.6 is 0 Å². The molecule has 1 unspecified atom stereocenters. The number of benzene rings is 2. The highest BCUT2D eigenvalue weighted by Crippen LogP contribution is 2.36. The van der Waals surface area contributed by atoms with E-state index >= 15 is 0 Å². The molecule has 3 aromatic rings. The molecule has 0 spiro atoms. The molecule has 1 atom stereocenters. The van der Waals surface area contributed by atoms with Gasteiger partial charge in [0.05, 0.1) is 5.69 Å². The van der Waals surface area contributed by atoms with Crippen LogP contribution in [0.25, 0.3) is 10.8 Å². The van der Waals surface area contributed by atoms with E-state index in [-0.39, 0.29) is 5.41 Å². The van der Waals surface area contributed by atoms with Crippen molar-refractivity contribution in [2.75, 3.05) is 13.2 Å². The van der Waals surface area contributed by atoms with Gasteiger partial charge in [-0.25, -0.2) is 0 Å². The van der Waals surface area contributed by atoms with Crippen LogP contribution in [0, 0.1) is 12.3 Å². The van der Waals surface area contributed by atoms with Crippen molar-refractivity contribution in [3.63, 3.8) is 0 Å². The van der Waals surface area contributed by atoms with E-state index in [1.165, 1.54) is 16.7 Å². The molecule has 0 saturated carbocycles. The Kier molecular flexibility index (Phi) is 5.35. The molecule has 29 heavy (non-hydrogen) atoms. The lowest BCUT2D eigenvalue weighted by atomic mass is 9.77. The lowest BCUT2D eigenvalue weighted by Gasteiger charge is -2.29. The molecular weight excluding hydrogens is 356 g/mol. The molecule has 2 aromatic carbocycles. The molecule has 4 rings (SSSR count). The SMILES string of the molecule is Cc1ccc(C(C)C(C)(C)C)cc1CN1CCOc2c(ncc3ccccc23)C1. The quantitative estimate of drug-likeness (QED) is 0.543. The van der Waals surface area contributed by atoms with E-state index in [1.807, 2.05) is 12.3 Å². The summed E-state index contributed by atoms with van der Waals surface area (Å²) in [5.74, 6) is 1.47. The van der Waals surface area contributed by atoms with E-state index in [0.717, 1.165) is 41.9 Å². The summed E-state index contributed by atoms with van der Waals surface area (Å²) >= 11 is 0. The lowest BCUT2D eigenvalue weighted by molar-refractivity contribution is 0.219. The number of pyridine rings is 1. The Bertz CT molecular complexity index is 1020. The summed E-state index contributed by atoms with van der Waals surface area (Å²) < 4.78 is 6.16. The molecule has 1 aromatic heterocycles. The van der Waals surface area contributed by atoms with Crippen molar-refractivity contribution >= 4 is 10.8 Å². The number of hydrogen-bond donors (Lipinski definition) is 0. The minimum atomic E-state index is 0.257. The first-order valence-corrected chi connectivity index (χ1v) is 10.6. The zero-order valence-corrected chi connectivity index (χ0v) is 18.3. The van der Waals surface area contributed by atoms with Gasteiger partial charge in [0.15, 0.2) is 0 Å². The van der Waals surface area contributed by atoms with Gasteiger partial charge < -0.3 is 4.74 Å². The molecule has 0 N–H and O–H groups in total. The van der Waals surface area contributed by atoms with Crippen molar-refractivity contribution in [3.05, 3.63) is 71.0 Å². The Labute approximate surface area is 174 Å². The van der Waals surface area contributed by atoms with E-state index in [4.69, 9.17) is 9.72 Å². The van der Waals surface area contributed by atoms with E-state index in [0.29, 0.717) is 12.5 Å². The summed E-state index contributed by atoms with van der Waals surface area (Å²) in [6.07, 6.45) is 1.97. The third-order valence-corrected chi connectivity index (χ3v) is 6.42. The average molecular weight is 389 g/mol. The third kappa shape index (κ3) is 4.16. The first-order chi connectivity index (χ1) is 13.8. The Hall–Kier alpha value is -2.39. The van der Waals surface area contributed by atoms with Crippen LogP contribution in [0.1, 0.15) is 56.0 Å². The number of rotatable bonds is 3. The van der Waals surface area contributed by atoms with E-state index < -0.39 is 0 Å². The highest BCUT2D eigenvalue weighted by atomic mass is 16.5. The van der Waals surface area contributed by atoms with Crippen LogP contribution in [0.15, 0.2) is 48.7 Å². The number of aromatic nitrogens is 1. The van der Waals surface area contributed by atoms with Gasteiger partial charge >= 0.3 is 0 Å². The standard InChI is InChI=1S/C26H32N2O/c1-18-10-11-20(19(2)26(3,4)5)14-22(18)16-28-12-13-29-25-23-9-7-6-8-21(23)15-27-24(25)17-28/h6-11,14-15,19H,12-13,16-17H2,1-5H3. The van der Waals surface area contributed by atoms with Gasteiger partial charge in [0.1, 0.15) is 12.4 Å². The number of fused-ring (bicyclic) bond motifs is 3. The molecule has 0 aliphatic carbocycles. The number of nitrogens with zero attached hydrogens (tertiary/aromatic N) is 2. The highest BCUT2D eigenvalue weighted by Gasteiger charge is 2.23. The highest BCUT2D eigenvalue weighted by molar-refractivity contribution is 5.88. The summed E-state index contributed by atoms with van der Waals surface area (Å²) in [6, 6.07) is 15.3. The van der Waals surface area contributed by atoms with Crippen molar-refractivity contribution in [2.24, 2.45) is 5.41 Å². The molecular formula is C26H32N2O. The maximum absolute atomic E-state index is 6.16. The molecule has 0 fully saturated rings. The fourth-order valence-corrected chi connectivity index (χ4v) is 4.03. The minimum Gasteiger partial charge on any atom is -0.490 e. The lowest BCUT2D eigenvalue weighted by Crippen LogP contribution is -2.26. The Balaban J connectivity index is 1.60.